The molecule has 0 spiro atoms. The monoisotopic (exact) mass is 465 g/mol. The molecule has 0 atom stereocenters. The molecule has 0 saturated carbocycles. The van der Waals surface area contributed by atoms with Gasteiger partial charge < -0.3 is 9.47 Å². The van der Waals surface area contributed by atoms with E-state index in [0.717, 1.165) is 10.6 Å². The van der Waals surface area contributed by atoms with E-state index in [2.05, 4.69) is 9.97 Å². The highest BCUT2D eigenvalue weighted by molar-refractivity contribution is 7.92. The van der Waals surface area contributed by atoms with Crippen molar-refractivity contribution in [1.29, 1.82) is 0 Å². The Morgan fingerprint density at radius 1 is 1.06 bits per heavy atom. The molecule has 0 N–H and O–H groups in total. The Kier molecular flexibility index (Phi) is 6.97. The fourth-order valence-electron chi connectivity index (χ4n) is 2.81. The zero-order chi connectivity index (χ0) is 22.6. The van der Waals surface area contributed by atoms with Gasteiger partial charge in [0.1, 0.15) is 6.33 Å². The number of halogens is 2. The number of hydrogen-bond donors (Lipinski definition) is 0. The van der Waals surface area contributed by atoms with E-state index < -0.39 is 15.8 Å². The fraction of sp³-hybridized carbons (Fsp3) is 0.238. The minimum atomic E-state index is -4.03. The lowest BCUT2D eigenvalue weighted by molar-refractivity contribution is 0.363. The molecule has 0 unspecified atom stereocenters. The molecular formula is C21H21ClFN3O4S. The molecule has 1 aromatic heterocycles. The van der Waals surface area contributed by atoms with Crippen molar-refractivity contribution in [2.75, 3.05) is 18.0 Å². The van der Waals surface area contributed by atoms with Gasteiger partial charge in [0.15, 0.2) is 22.5 Å². The number of aromatic nitrogens is 2. The molecule has 7 nitrogen and oxygen atoms in total. The van der Waals surface area contributed by atoms with Crippen molar-refractivity contribution in [3.8, 4) is 17.2 Å². The Labute approximate surface area is 185 Å². The van der Waals surface area contributed by atoms with E-state index in [1.54, 1.807) is 18.2 Å². The third kappa shape index (κ3) is 4.88. The number of benzene rings is 2. The van der Waals surface area contributed by atoms with Gasteiger partial charge in [-0.25, -0.2) is 27.1 Å². The molecule has 10 heteroatoms. The molecule has 3 aromatic rings. The van der Waals surface area contributed by atoms with Crippen molar-refractivity contribution in [2.45, 2.75) is 18.7 Å². The van der Waals surface area contributed by atoms with Crippen LogP contribution in [0.1, 0.15) is 13.8 Å². The zero-order valence-corrected chi connectivity index (χ0v) is 18.7. The highest BCUT2D eigenvalue weighted by Crippen LogP contribution is 2.42. The third-order valence-electron chi connectivity index (χ3n) is 4.19. The molecule has 3 rings (SSSR count). The van der Waals surface area contributed by atoms with Crippen LogP contribution in [0.15, 0.2) is 59.8 Å². The van der Waals surface area contributed by atoms with Gasteiger partial charge in [-0.05, 0) is 30.2 Å². The van der Waals surface area contributed by atoms with Gasteiger partial charge in [0.2, 0.25) is 11.5 Å². The summed E-state index contributed by atoms with van der Waals surface area (Å²) in [4.78, 5) is 8.08. The van der Waals surface area contributed by atoms with Crippen LogP contribution in [0.5, 0.6) is 17.2 Å². The number of ether oxygens (including phenoxy) is 2. The third-order valence-corrected chi connectivity index (χ3v) is 6.23. The van der Waals surface area contributed by atoms with E-state index in [0.29, 0.717) is 0 Å². The van der Waals surface area contributed by atoms with Gasteiger partial charge >= 0.3 is 0 Å². The normalized spacial score (nSPS) is 11.4. The lowest BCUT2D eigenvalue weighted by atomic mass is 10.2. The Balaban J connectivity index is 2.18. The molecule has 0 fully saturated rings. The van der Waals surface area contributed by atoms with Crippen molar-refractivity contribution >= 4 is 27.4 Å². The average Bonchev–Trinajstić information content (AvgIpc) is 2.75. The van der Waals surface area contributed by atoms with E-state index >= 15 is 0 Å². The van der Waals surface area contributed by atoms with Crippen LogP contribution in [0.3, 0.4) is 0 Å². The van der Waals surface area contributed by atoms with Crippen LogP contribution in [-0.4, -0.2) is 32.0 Å². The van der Waals surface area contributed by atoms with Crippen LogP contribution >= 0.6 is 11.6 Å². The number of nitrogens with zero attached hydrogens (tertiary/aromatic N) is 3. The summed E-state index contributed by atoms with van der Waals surface area (Å²) in [6.07, 6.45) is 1.12. The highest BCUT2D eigenvalue weighted by Gasteiger charge is 2.31. The number of hydrogen-bond acceptors (Lipinski definition) is 6. The first kappa shape index (κ1) is 22.8. The van der Waals surface area contributed by atoms with Crippen molar-refractivity contribution in [3.63, 3.8) is 0 Å². The van der Waals surface area contributed by atoms with Gasteiger partial charge in [-0.15, -0.1) is 0 Å². The van der Waals surface area contributed by atoms with Crippen LogP contribution in [-0.2, 0) is 10.0 Å². The van der Waals surface area contributed by atoms with Gasteiger partial charge in [-0.2, -0.15) is 0 Å². The van der Waals surface area contributed by atoms with Crippen molar-refractivity contribution < 1.29 is 22.3 Å². The second-order valence-corrected chi connectivity index (χ2v) is 9.15. The maximum atomic E-state index is 14.5. The summed E-state index contributed by atoms with van der Waals surface area (Å²) >= 11 is 6.24. The van der Waals surface area contributed by atoms with Gasteiger partial charge in [-0.3, -0.25) is 0 Å². The number of rotatable bonds is 8. The Morgan fingerprint density at radius 3 is 2.42 bits per heavy atom. The molecule has 0 bridgehead atoms. The summed E-state index contributed by atoms with van der Waals surface area (Å²) in [6.45, 7) is 3.79. The van der Waals surface area contributed by atoms with Crippen LogP contribution < -0.4 is 13.8 Å². The summed E-state index contributed by atoms with van der Waals surface area (Å²) in [5.41, 5.74) is 0. The van der Waals surface area contributed by atoms with E-state index in [-0.39, 0.29) is 45.6 Å². The maximum Gasteiger partial charge on any atom is 0.265 e. The SMILES string of the molecule is COc1cccc(F)c1Oc1c(Cl)ncnc1N(CC(C)C)S(=O)(=O)c1ccccc1. The van der Waals surface area contributed by atoms with Gasteiger partial charge in [0.05, 0.1) is 12.0 Å². The smallest absolute Gasteiger partial charge is 0.265 e. The van der Waals surface area contributed by atoms with Crippen molar-refractivity contribution in [3.05, 3.63) is 65.8 Å². The molecule has 0 aliphatic carbocycles. The van der Waals surface area contributed by atoms with Crippen molar-refractivity contribution in [2.24, 2.45) is 5.92 Å². The van der Waals surface area contributed by atoms with Crippen LogP contribution in [0.25, 0.3) is 0 Å². The largest absolute Gasteiger partial charge is 0.493 e. The Bertz CT molecular complexity index is 1160. The molecule has 0 aliphatic heterocycles. The van der Waals surface area contributed by atoms with Gasteiger partial charge in [0.25, 0.3) is 10.0 Å². The second kappa shape index (κ2) is 9.49. The summed E-state index contributed by atoms with van der Waals surface area (Å²) in [6, 6.07) is 12.0. The Morgan fingerprint density at radius 2 is 1.77 bits per heavy atom. The fourth-order valence-corrected chi connectivity index (χ4v) is 4.58. The standard InChI is InChI=1S/C21H21ClFN3O4S/c1-14(2)12-26(31(27,28)15-8-5-4-6-9-15)21-19(20(22)24-13-25-21)30-18-16(23)10-7-11-17(18)29-3/h4-11,13-14H,12H2,1-3H3. The summed E-state index contributed by atoms with van der Waals surface area (Å²) in [5, 5.41) is -0.174. The van der Waals surface area contributed by atoms with E-state index in [9.17, 15) is 12.8 Å². The van der Waals surface area contributed by atoms with Gasteiger partial charge in [-0.1, -0.05) is 49.7 Å². The van der Waals surface area contributed by atoms with Gasteiger partial charge in [0, 0.05) is 6.54 Å². The predicted octanol–water partition coefficient (Wildman–Crippen LogP) is 4.92. The minimum absolute atomic E-state index is 0.0666. The molecule has 0 saturated heterocycles. The number of methoxy groups -OCH3 is 1. The quantitative estimate of drug-likeness (QED) is 0.439. The first-order chi connectivity index (χ1) is 14.8. The molecule has 31 heavy (non-hydrogen) atoms. The van der Waals surface area contributed by atoms with Crippen LogP contribution in [0.2, 0.25) is 5.15 Å². The molecule has 0 amide bonds. The number of sulfonamides is 1. The molecule has 0 radical (unpaired) electrons. The molecule has 0 aliphatic rings. The highest BCUT2D eigenvalue weighted by atomic mass is 35.5. The average molecular weight is 466 g/mol. The lowest BCUT2D eigenvalue weighted by Gasteiger charge is -2.27. The number of anilines is 1. The molecule has 164 valence electrons. The molecular weight excluding hydrogens is 445 g/mol. The first-order valence-electron chi connectivity index (χ1n) is 9.34. The lowest BCUT2D eigenvalue weighted by Crippen LogP contribution is -2.35. The second-order valence-electron chi connectivity index (χ2n) is 6.93. The number of para-hydroxylation sites is 1. The topological polar surface area (TPSA) is 81.6 Å². The summed E-state index contributed by atoms with van der Waals surface area (Å²) in [5.74, 6) is -1.25. The van der Waals surface area contributed by atoms with Crippen molar-refractivity contribution in [1.82, 2.24) is 9.97 Å². The molecule has 1 heterocycles. The molecule has 2 aromatic carbocycles. The summed E-state index contributed by atoms with van der Waals surface area (Å²) in [7, 11) is -2.67. The van der Waals surface area contributed by atoms with E-state index in [1.165, 1.54) is 37.4 Å². The summed E-state index contributed by atoms with van der Waals surface area (Å²) < 4.78 is 53.3. The van der Waals surface area contributed by atoms with Crippen LogP contribution in [0, 0.1) is 11.7 Å². The zero-order valence-electron chi connectivity index (χ0n) is 17.1. The van der Waals surface area contributed by atoms with E-state index in [4.69, 9.17) is 21.1 Å². The van der Waals surface area contributed by atoms with E-state index in [1.807, 2.05) is 13.8 Å². The maximum absolute atomic E-state index is 14.5. The predicted molar refractivity (Wildman–Crippen MR) is 116 cm³/mol. The minimum Gasteiger partial charge on any atom is -0.493 e. The first-order valence-corrected chi connectivity index (χ1v) is 11.2. The Hall–Kier alpha value is -2.91. The van der Waals surface area contributed by atoms with Crippen LogP contribution in [0.4, 0.5) is 10.2 Å².